The van der Waals surface area contributed by atoms with Crippen LogP contribution >= 0.6 is 0 Å². The van der Waals surface area contributed by atoms with Crippen molar-refractivity contribution < 1.29 is 0 Å². The molecule has 0 amide bonds. The monoisotopic (exact) mass is 322 g/mol. The average Bonchev–Trinajstić information content (AvgIpc) is 3.18. The number of rotatable bonds is 2. The van der Waals surface area contributed by atoms with Crippen molar-refractivity contribution in [3.8, 4) is 22.4 Å². The number of benzene rings is 3. The third kappa shape index (κ3) is 2.27. The number of H-pyrrole nitrogens is 1. The Morgan fingerprint density at radius 3 is 2.04 bits per heavy atom. The fraction of sp³-hybridized carbons (Fsp3) is 0. The number of fused-ring (bicyclic) bond motifs is 3. The fourth-order valence-electron chi connectivity index (χ4n) is 3.18. The van der Waals surface area contributed by atoms with Gasteiger partial charge in [-0.15, -0.1) is 0 Å². The van der Waals surface area contributed by atoms with E-state index in [4.69, 9.17) is 4.98 Å². The van der Waals surface area contributed by atoms with Crippen LogP contribution in [0, 0.1) is 0 Å². The van der Waals surface area contributed by atoms with Crippen LogP contribution in [0.25, 0.3) is 44.3 Å². The van der Waals surface area contributed by atoms with E-state index in [0.717, 1.165) is 33.2 Å². The number of para-hydroxylation sites is 1. The highest BCUT2D eigenvalue weighted by Gasteiger charge is 2.13. The molecule has 0 spiro atoms. The predicted molar refractivity (Wildman–Crippen MR) is 100 cm³/mol. The number of pyridine rings is 1. The molecule has 118 valence electrons. The molecule has 0 aliphatic heterocycles. The van der Waals surface area contributed by atoms with Gasteiger partial charge in [0.15, 0.2) is 0 Å². The third-order valence-electron chi connectivity index (χ3n) is 4.43. The smallest absolute Gasteiger partial charge is 0.139 e. The lowest BCUT2D eigenvalue weighted by atomic mass is 10.0. The molecule has 2 heterocycles. The van der Waals surface area contributed by atoms with Crippen LogP contribution in [-0.2, 0) is 0 Å². The van der Waals surface area contributed by atoms with Crippen LogP contribution in [0.3, 0.4) is 0 Å². The Hall–Kier alpha value is -3.53. The summed E-state index contributed by atoms with van der Waals surface area (Å²) in [7, 11) is 0. The van der Waals surface area contributed by atoms with Crippen molar-refractivity contribution in [1.29, 1.82) is 0 Å². The van der Waals surface area contributed by atoms with Crippen molar-refractivity contribution >= 4 is 21.9 Å². The molecule has 0 saturated heterocycles. The standard InChI is InChI=1S/C21H14N4/c1-2-6-14(7-3-1)15-10-12-16(13-11-15)19-21-20(23-25-24-21)17-8-4-5-9-18(17)22-19/h1-13H,(H,23,24,25). The summed E-state index contributed by atoms with van der Waals surface area (Å²) in [6.45, 7) is 0. The van der Waals surface area contributed by atoms with Crippen LogP contribution in [0.1, 0.15) is 0 Å². The second kappa shape index (κ2) is 5.53. The van der Waals surface area contributed by atoms with E-state index in [1.165, 1.54) is 11.1 Å². The molecule has 0 aliphatic rings. The van der Waals surface area contributed by atoms with E-state index in [2.05, 4.69) is 51.8 Å². The first-order valence-electron chi connectivity index (χ1n) is 8.15. The van der Waals surface area contributed by atoms with Gasteiger partial charge in [0.25, 0.3) is 0 Å². The molecular weight excluding hydrogens is 308 g/mol. The SMILES string of the molecule is c1ccc(-c2ccc(-c3nc4ccccc4c4n[nH]nc34)cc2)cc1. The van der Waals surface area contributed by atoms with Crippen molar-refractivity contribution in [1.82, 2.24) is 20.4 Å². The molecule has 2 aromatic heterocycles. The lowest BCUT2D eigenvalue weighted by molar-refractivity contribution is 0.960. The molecule has 0 unspecified atom stereocenters. The van der Waals surface area contributed by atoms with E-state index in [-0.39, 0.29) is 0 Å². The molecule has 4 nitrogen and oxygen atoms in total. The van der Waals surface area contributed by atoms with Gasteiger partial charge < -0.3 is 0 Å². The highest BCUT2D eigenvalue weighted by molar-refractivity contribution is 6.06. The number of hydrogen-bond donors (Lipinski definition) is 1. The second-order valence-corrected chi connectivity index (χ2v) is 5.94. The van der Waals surface area contributed by atoms with Gasteiger partial charge in [-0.2, -0.15) is 15.4 Å². The lowest BCUT2D eigenvalue weighted by Crippen LogP contribution is -1.89. The summed E-state index contributed by atoms with van der Waals surface area (Å²) in [5, 5.41) is 12.4. The third-order valence-corrected chi connectivity index (χ3v) is 4.43. The van der Waals surface area contributed by atoms with Gasteiger partial charge in [0.2, 0.25) is 0 Å². The summed E-state index contributed by atoms with van der Waals surface area (Å²) >= 11 is 0. The summed E-state index contributed by atoms with van der Waals surface area (Å²) in [5.41, 5.74) is 6.84. The van der Waals surface area contributed by atoms with E-state index < -0.39 is 0 Å². The molecule has 0 aliphatic carbocycles. The minimum absolute atomic E-state index is 0.797. The quantitative estimate of drug-likeness (QED) is 0.506. The number of aromatic amines is 1. The van der Waals surface area contributed by atoms with Crippen LogP contribution in [0.5, 0.6) is 0 Å². The zero-order chi connectivity index (χ0) is 16.6. The van der Waals surface area contributed by atoms with Gasteiger partial charge in [-0.1, -0.05) is 72.8 Å². The topological polar surface area (TPSA) is 54.5 Å². The largest absolute Gasteiger partial charge is 0.245 e. The first-order valence-corrected chi connectivity index (χ1v) is 8.15. The number of hydrogen-bond acceptors (Lipinski definition) is 3. The summed E-state index contributed by atoms with van der Waals surface area (Å²) in [6, 6.07) is 26.8. The Morgan fingerprint density at radius 2 is 1.20 bits per heavy atom. The summed E-state index contributed by atoms with van der Waals surface area (Å²) in [4.78, 5) is 4.83. The molecule has 5 aromatic rings. The number of aromatic nitrogens is 4. The molecule has 0 atom stereocenters. The number of nitrogens with one attached hydrogen (secondary N) is 1. The molecule has 4 heteroatoms. The molecule has 25 heavy (non-hydrogen) atoms. The maximum atomic E-state index is 4.83. The Labute approximate surface area is 144 Å². The molecular formula is C21H14N4. The van der Waals surface area contributed by atoms with Gasteiger partial charge in [-0.25, -0.2) is 4.98 Å². The second-order valence-electron chi connectivity index (χ2n) is 5.94. The van der Waals surface area contributed by atoms with Crippen LogP contribution in [-0.4, -0.2) is 20.4 Å². The maximum absolute atomic E-state index is 4.83. The van der Waals surface area contributed by atoms with Gasteiger partial charge in [-0.05, 0) is 17.2 Å². The van der Waals surface area contributed by atoms with Crippen molar-refractivity contribution in [3.05, 3.63) is 78.9 Å². The van der Waals surface area contributed by atoms with Crippen LogP contribution in [0.15, 0.2) is 78.9 Å². The zero-order valence-corrected chi connectivity index (χ0v) is 13.3. The molecule has 3 aromatic carbocycles. The highest BCUT2D eigenvalue weighted by Crippen LogP contribution is 2.31. The normalized spacial score (nSPS) is 11.2. The average molecular weight is 322 g/mol. The van der Waals surface area contributed by atoms with Gasteiger partial charge in [0.1, 0.15) is 16.7 Å². The van der Waals surface area contributed by atoms with Gasteiger partial charge in [0.05, 0.1) is 5.52 Å². The van der Waals surface area contributed by atoms with Crippen molar-refractivity contribution in [2.75, 3.05) is 0 Å². The minimum Gasteiger partial charge on any atom is -0.245 e. The van der Waals surface area contributed by atoms with E-state index in [9.17, 15) is 0 Å². The Balaban J connectivity index is 1.69. The molecule has 0 bridgehead atoms. The van der Waals surface area contributed by atoms with Gasteiger partial charge >= 0.3 is 0 Å². The summed E-state index contributed by atoms with van der Waals surface area (Å²) in [5.74, 6) is 0. The summed E-state index contributed by atoms with van der Waals surface area (Å²) in [6.07, 6.45) is 0. The lowest BCUT2D eigenvalue weighted by Gasteiger charge is -2.06. The molecule has 0 radical (unpaired) electrons. The maximum Gasteiger partial charge on any atom is 0.139 e. The summed E-state index contributed by atoms with van der Waals surface area (Å²) < 4.78 is 0. The van der Waals surface area contributed by atoms with E-state index in [0.29, 0.717) is 0 Å². The van der Waals surface area contributed by atoms with E-state index >= 15 is 0 Å². The van der Waals surface area contributed by atoms with Crippen LogP contribution in [0.4, 0.5) is 0 Å². The molecule has 5 rings (SSSR count). The van der Waals surface area contributed by atoms with Gasteiger partial charge in [-0.3, -0.25) is 0 Å². The van der Waals surface area contributed by atoms with Gasteiger partial charge in [0, 0.05) is 10.9 Å². The Bertz CT molecular complexity index is 1180. The highest BCUT2D eigenvalue weighted by atomic mass is 15.3. The first-order chi connectivity index (χ1) is 12.4. The first kappa shape index (κ1) is 13.9. The Morgan fingerprint density at radius 1 is 0.560 bits per heavy atom. The van der Waals surface area contributed by atoms with Crippen LogP contribution < -0.4 is 0 Å². The van der Waals surface area contributed by atoms with Crippen LogP contribution in [0.2, 0.25) is 0 Å². The van der Waals surface area contributed by atoms with Crippen molar-refractivity contribution in [2.45, 2.75) is 0 Å². The zero-order valence-electron chi connectivity index (χ0n) is 13.3. The minimum atomic E-state index is 0.797. The fourth-order valence-corrected chi connectivity index (χ4v) is 3.18. The number of nitrogens with zero attached hydrogens (tertiary/aromatic N) is 3. The molecule has 0 fully saturated rings. The Kier molecular flexibility index (Phi) is 3.07. The molecule has 1 N–H and O–H groups in total. The van der Waals surface area contributed by atoms with Crippen molar-refractivity contribution in [3.63, 3.8) is 0 Å². The van der Waals surface area contributed by atoms with E-state index in [1.807, 2.05) is 42.5 Å². The van der Waals surface area contributed by atoms with Crippen molar-refractivity contribution in [2.24, 2.45) is 0 Å². The van der Waals surface area contributed by atoms with E-state index in [1.54, 1.807) is 0 Å². The predicted octanol–water partition coefficient (Wildman–Crippen LogP) is 4.84. The molecule has 0 saturated carbocycles.